The van der Waals surface area contributed by atoms with E-state index in [1.54, 1.807) is 6.07 Å². The Bertz CT molecular complexity index is 605. The van der Waals surface area contributed by atoms with Gasteiger partial charge in [-0.05, 0) is 30.3 Å². The molecule has 0 aliphatic carbocycles. The van der Waals surface area contributed by atoms with Gasteiger partial charge in [-0.15, -0.1) is 0 Å². The van der Waals surface area contributed by atoms with Crippen LogP contribution in [0.4, 0.5) is 5.69 Å². The zero-order chi connectivity index (χ0) is 14.5. The van der Waals surface area contributed by atoms with Crippen molar-refractivity contribution in [1.82, 2.24) is 0 Å². The molecule has 0 atom stereocenters. The molecule has 5 nitrogen and oxygen atoms in total. The average Bonchev–Trinajstić information content (AvgIpc) is 2.88. The molecule has 1 amide bonds. The van der Waals surface area contributed by atoms with Crippen molar-refractivity contribution in [3.05, 3.63) is 52.4 Å². The first kappa shape index (κ1) is 14.4. The smallest absolute Gasteiger partial charge is 0.374 e. The van der Waals surface area contributed by atoms with E-state index in [9.17, 15) is 9.59 Å². The fourth-order valence-corrected chi connectivity index (χ4v) is 1.95. The Morgan fingerprint density at radius 2 is 1.90 bits per heavy atom. The lowest BCUT2D eigenvalue weighted by molar-refractivity contribution is -0.119. The molecule has 0 aliphatic heterocycles. The lowest BCUT2D eigenvalue weighted by Gasteiger charge is -2.06. The fourth-order valence-electron chi connectivity index (χ4n) is 1.42. The molecule has 0 bridgehead atoms. The molecule has 0 unspecified atom stereocenters. The molecular weight excluding hydrogens is 305 g/mol. The highest BCUT2D eigenvalue weighted by molar-refractivity contribution is 6.35. The Labute approximate surface area is 124 Å². The maximum absolute atomic E-state index is 11.6. The zero-order valence-corrected chi connectivity index (χ0v) is 11.6. The second kappa shape index (κ2) is 6.45. The minimum atomic E-state index is -0.714. The molecule has 1 aromatic carbocycles. The number of anilines is 1. The van der Waals surface area contributed by atoms with Gasteiger partial charge in [0.15, 0.2) is 6.61 Å². The third-order valence-electron chi connectivity index (χ3n) is 2.20. The molecule has 0 aliphatic rings. The van der Waals surface area contributed by atoms with Gasteiger partial charge in [0.2, 0.25) is 5.76 Å². The number of furan rings is 1. The SMILES string of the molecule is O=C(COC(=O)c1ccco1)Nc1cc(Cl)cc(Cl)c1. The minimum absolute atomic E-state index is 0.0311. The number of halogens is 2. The van der Waals surface area contributed by atoms with Crippen LogP contribution in [0.15, 0.2) is 41.0 Å². The highest BCUT2D eigenvalue weighted by Gasteiger charge is 2.12. The first-order valence-corrected chi connectivity index (χ1v) is 6.27. The van der Waals surface area contributed by atoms with Crippen LogP contribution in [0.2, 0.25) is 10.0 Å². The maximum Gasteiger partial charge on any atom is 0.374 e. The summed E-state index contributed by atoms with van der Waals surface area (Å²) < 4.78 is 9.61. The summed E-state index contributed by atoms with van der Waals surface area (Å²) in [6, 6.07) is 7.58. The summed E-state index contributed by atoms with van der Waals surface area (Å²) in [4.78, 5) is 23.0. The minimum Gasteiger partial charge on any atom is -0.457 e. The number of hydrogen-bond acceptors (Lipinski definition) is 4. The fraction of sp³-hybridized carbons (Fsp3) is 0.0769. The number of hydrogen-bond donors (Lipinski definition) is 1. The van der Waals surface area contributed by atoms with E-state index in [1.165, 1.54) is 30.5 Å². The summed E-state index contributed by atoms with van der Waals surface area (Å²) in [6.45, 7) is -0.441. The second-order valence-corrected chi connectivity index (χ2v) is 4.63. The van der Waals surface area contributed by atoms with Crippen LogP contribution in [0.5, 0.6) is 0 Å². The number of carbonyl (C=O) groups excluding carboxylic acids is 2. The number of esters is 1. The quantitative estimate of drug-likeness (QED) is 0.878. The molecule has 7 heteroatoms. The van der Waals surface area contributed by atoms with Gasteiger partial charge in [-0.3, -0.25) is 4.79 Å². The molecule has 0 radical (unpaired) electrons. The summed E-state index contributed by atoms with van der Waals surface area (Å²) in [5.41, 5.74) is 0.418. The van der Waals surface area contributed by atoms with Crippen molar-refractivity contribution in [2.45, 2.75) is 0 Å². The molecule has 2 rings (SSSR count). The van der Waals surface area contributed by atoms with E-state index in [1.807, 2.05) is 0 Å². The first-order chi connectivity index (χ1) is 9.54. The van der Waals surface area contributed by atoms with Crippen LogP contribution in [-0.4, -0.2) is 18.5 Å². The molecule has 0 fully saturated rings. The summed E-state index contributed by atoms with van der Waals surface area (Å²) >= 11 is 11.6. The summed E-state index contributed by atoms with van der Waals surface area (Å²) in [5, 5.41) is 3.29. The molecular formula is C13H9Cl2NO4. The van der Waals surface area contributed by atoms with E-state index >= 15 is 0 Å². The Hall–Kier alpha value is -1.98. The second-order valence-electron chi connectivity index (χ2n) is 3.76. The third kappa shape index (κ3) is 4.01. The number of nitrogens with one attached hydrogen (secondary N) is 1. The van der Waals surface area contributed by atoms with Crippen molar-refractivity contribution >= 4 is 40.8 Å². The van der Waals surface area contributed by atoms with Gasteiger partial charge in [-0.25, -0.2) is 4.79 Å². The molecule has 2 aromatic rings. The Morgan fingerprint density at radius 3 is 2.50 bits per heavy atom. The highest BCUT2D eigenvalue weighted by Crippen LogP contribution is 2.22. The van der Waals surface area contributed by atoms with Crippen LogP contribution in [0.3, 0.4) is 0 Å². The van der Waals surface area contributed by atoms with Crippen LogP contribution in [0.1, 0.15) is 10.6 Å². The molecule has 1 aromatic heterocycles. The van der Waals surface area contributed by atoms with E-state index < -0.39 is 18.5 Å². The van der Waals surface area contributed by atoms with Crippen LogP contribution >= 0.6 is 23.2 Å². The number of rotatable bonds is 4. The highest BCUT2D eigenvalue weighted by atomic mass is 35.5. The molecule has 104 valence electrons. The van der Waals surface area contributed by atoms with Crippen LogP contribution in [0, 0.1) is 0 Å². The number of carbonyl (C=O) groups is 2. The number of amides is 1. The van der Waals surface area contributed by atoms with Gasteiger partial charge in [-0.2, -0.15) is 0 Å². The predicted molar refractivity (Wildman–Crippen MR) is 74.1 cm³/mol. The predicted octanol–water partition coefficient (Wildman–Crippen LogP) is 3.38. The number of benzene rings is 1. The van der Waals surface area contributed by atoms with E-state index in [0.717, 1.165) is 0 Å². The van der Waals surface area contributed by atoms with Crippen molar-refractivity contribution in [2.75, 3.05) is 11.9 Å². The Kier molecular flexibility index (Phi) is 4.65. The van der Waals surface area contributed by atoms with Gasteiger partial charge >= 0.3 is 5.97 Å². The van der Waals surface area contributed by atoms with Gasteiger partial charge in [0.05, 0.1) is 6.26 Å². The van der Waals surface area contributed by atoms with E-state index in [2.05, 4.69) is 5.32 Å². The van der Waals surface area contributed by atoms with Gasteiger partial charge in [0.25, 0.3) is 5.91 Å². The van der Waals surface area contributed by atoms with Crippen LogP contribution in [0.25, 0.3) is 0 Å². The van der Waals surface area contributed by atoms with Crippen molar-refractivity contribution in [3.8, 4) is 0 Å². The lowest BCUT2D eigenvalue weighted by atomic mass is 10.3. The summed E-state index contributed by atoms with van der Waals surface area (Å²) in [5.74, 6) is -1.19. The monoisotopic (exact) mass is 313 g/mol. The molecule has 1 heterocycles. The largest absolute Gasteiger partial charge is 0.457 e. The van der Waals surface area contributed by atoms with Gasteiger partial charge in [0, 0.05) is 15.7 Å². The normalized spacial score (nSPS) is 10.1. The standard InChI is InChI=1S/C13H9Cl2NO4/c14-8-4-9(15)6-10(5-8)16-12(17)7-20-13(18)11-2-1-3-19-11/h1-6H,7H2,(H,16,17). The zero-order valence-electron chi connectivity index (χ0n) is 10.1. The lowest BCUT2D eigenvalue weighted by Crippen LogP contribution is -2.20. The van der Waals surface area contributed by atoms with Gasteiger partial charge in [0.1, 0.15) is 0 Å². The van der Waals surface area contributed by atoms with E-state index in [4.69, 9.17) is 32.4 Å². The average molecular weight is 314 g/mol. The van der Waals surface area contributed by atoms with Gasteiger partial charge in [-0.1, -0.05) is 23.2 Å². The summed E-state index contributed by atoms with van der Waals surface area (Å²) in [6.07, 6.45) is 1.34. The molecule has 0 saturated carbocycles. The topological polar surface area (TPSA) is 68.5 Å². The van der Waals surface area contributed by atoms with Crippen molar-refractivity contribution in [2.24, 2.45) is 0 Å². The van der Waals surface area contributed by atoms with E-state index in [-0.39, 0.29) is 5.76 Å². The third-order valence-corrected chi connectivity index (χ3v) is 2.64. The molecule has 20 heavy (non-hydrogen) atoms. The summed E-state index contributed by atoms with van der Waals surface area (Å²) in [7, 11) is 0. The van der Waals surface area contributed by atoms with E-state index in [0.29, 0.717) is 15.7 Å². The van der Waals surface area contributed by atoms with Crippen molar-refractivity contribution < 1.29 is 18.7 Å². The van der Waals surface area contributed by atoms with Gasteiger partial charge < -0.3 is 14.5 Å². The van der Waals surface area contributed by atoms with Crippen molar-refractivity contribution in [3.63, 3.8) is 0 Å². The van der Waals surface area contributed by atoms with Crippen LogP contribution < -0.4 is 5.32 Å². The molecule has 1 N–H and O–H groups in total. The Morgan fingerprint density at radius 1 is 1.20 bits per heavy atom. The first-order valence-electron chi connectivity index (χ1n) is 5.51. The number of ether oxygens (including phenoxy) is 1. The molecule has 0 saturated heterocycles. The molecule has 0 spiro atoms. The van der Waals surface area contributed by atoms with Crippen molar-refractivity contribution in [1.29, 1.82) is 0 Å². The van der Waals surface area contributed by atoms with Crippen LogP contribution in [-0.2, 0) is 9.53 Å². The Balaban J connectivity index is 1.88. The maximum atomic E-state index is 11.6.